The molecular formula is C17H20N2O2. The van der Waals surface area contributed by atoms with E-state index in [0.29, 0.717) is 18.7 Å². The van der Waals surface area contributed by atoms with Crippen molar-refractivity contribution in [3.05, 3.63) is 65.2 Å². The maximum Gasteiger partial charge on any atom is 0.248 e. The number of hydrogen-bond donors (Lipinski definition) is 2. The van der Waals surface area contributed by atoms with Gasteiger partial charge < -0.3 is 15.8 Å². The Labute approximate surface area is 124 Å². The Kier molecular flexibility index (Phi) is 5.35. The Balaban J connectivity index is 1.86. The van der Waals surface area contributed by atoms with Crippen LogP contribution in [-0.2, 0) is 13.1 Å². The summed E-state index contributed by atoms with van der Waals surface area (Å²) < 4.78 is 5.41. The quantitative estimate of drug-likeness (QED) is 0.821. The summed E-state index contributed by atoms with van der Waals surface area (Å²) >= 11 is 0. The topological polar surface area (TPSA) is 64.3 Å². The SMILES string of the molecule is CCOc1ccc(CNCc2cccc(C(N)=O)c2)cc1. The summed E-state index contributed by atoms with van der Waals surface area (Å²) in [5, 5.41) is 3.34. The number of amides is 1. The predicted octanol–water partition coefficient (Wildman–Crippen LogP) is 2.47. The van der Waals surface area contributed by atoms with Crippen LogP contribution in [0, 0.1) is 0 Å². The molecule has 0 aliphatic carbocycles. The van der Waals surface area contributed by atoms with Crippen LogP contribution in [0.3, 0.4) is 0 Å². The zero-order chi connectivity index (χ0) is 15.1. The van der Waals surface area contributed by atoms with Crippen LogP contribution in [0.1, 0.15) is 28.4 Å². The zero-order valence-corrected chi connectivity index (χ0v) is 12.1. The predicted molar refractivity (Wildman–Crippen MR) is 83.1 cm³/mol. The van der Waals surface area contributed by atoms with Crippen molar-refractivity contribution in [2.24, 2.45) is 5.73 Å². The average molecular weight is 284 g/mol. The van der Waals surface area contributed by atoms with E-state index >= 15 is 0 Å². The summed E-state index contributed by atoms with van der Waals surface area (Å²) in [5.41, 5.74) is 8.03. The van der Waals surface area contributed by atoms with Gasteiger partial charge in [-0.25, -0.2) is 0 Å². The number of carbonyl (C=O) groups excluding carboxylic acids is 1. The third-order valence-electron chi connectivity index (χ3n) is 3.10. The van der Waals surface area contributed by atoms with Crippen molar-refractivity contribution in [3.63, 3.8) is 0 Å². The van der Waals surface area contributed by atoms with Crippen molar-refractivity contribution in [1.29, 1.82) is 0 Å². The number of nitrogens with two attached hydrogens (primary N) is 1. The van der Waals surface area contributed by atoms with E-state index in [0.717, 1.165) is 17.9 Å². The van der Waals surface area contributed by atoms with Gasteiger partial charge in [-0.05, 0) is 42.3 Å². The molecule has 0 unspecified atom stereocenters. The Bertz CT molecular complexity index is 594. The highest BCUT2D eigenvalue weighted by Crippen LogP contribution is 2.12. The average Bonchev–Trinajstić information content (AvgIpc) is 2.50. The monoisotopic (exact) mass is 284 g/mol. The molecule has 0 saturated heterocycles. The summed E-state index contributed by atoms with van der Waals surface area (Å²) in [6, 6.07) is 15.4. The minimum atomic E-state index is -0.400. The van der Waals surface area contributed by atoms with Crippen molar-refractivity contribution < 1.29 is 9.53 Å². The van der Waals surface area contributed by atoms with Gasteiger partial charge >= 0.3 is 0 Å². The second kappa shape index (κ2) is 7.45. The summed E-state index contributed by atoms with van der Waals surface area (Å²) in [5.74, 6) is 0.485. The van der Waals surface area contributed by atoms with Crippen molar-refractivity contribution in [3.8, 4) is 5.75 Å². The second-order valence-electron chi connectivity index (χ2n) is 4.75. The van der Waals surface area contributed by atoms with Gasteiger partial charge in [0.05, 0.1) is 6.61 Å². The smallest absolute Gasteiger partial charge is 0.248 e. The fraction of sp³-hybridized carbons (Fsp3) is 0.235. The third kappa shape index (κ3) is 4.61. The molecule has 0 spiro atoms. The molecule has 0 heterocycles. The second-order valence-corrected chi connectivity index (χ2v) is 4.75. The normalized spacial score (nSPS) is 10.3. The summed E-state index contributed by atoms with van der Waals surface area (Å²) in [7, 11) is 0. The van der Waals surface area contributed by atoms with Gasteiger partial charge in [-0.15, -0.1) is 0 Å². The molecule has 0 fully saturated rings. The molecule has 21 heavy (non-hydrogen) atoms. The van der Waals surface area contributed by atoms with Crippen LogP contribution in [0.25, 0.3) is 0 Å². The Morgan fingerprint density at radius 3 is 2.48 bits per heavy atom. The standard InChI is InChI=1S/C17H20N2O2/c1-2-21-16-8-6-13(7-9-16)11-19-12-14-4-3-5-15(10-14)17(18)20/h3-10,19H,2,11-12H2,1H3,(H2,18,20). The Hall–Kier alpha value is -2.33. The molecular weight excluding hydrogens is 264 g/mol. The van der Waals surface area contributed by atoms with Crippen LogP contribution in [0.15, 0.2) is 48.5 Å². The molecule has 2 aromatic carbocycles. The van der Waals surface area contributed by atoms with Crippen LogP contribution in [0.2, 0.25) is 0 Å². The lowest BCUT2D eigenvalue weighted by Crippen LogP contribution is -2.14. The molecule has 4 heteroatoms. The van der Waals surface area contributed by atoms with Crippen LogP contribution in [0.4, 0.5) is 0 Å². The van der Waals surface area contributed by atoms with E-state index in [1.54, 1.807) is 6.07 Å². The summed E-state index contributed by atoms with van der Waals surface area (Å²) in [6.45, 7) is 4.09. The van der Waals surface area contributed by atoms with Gasteiger partial charge in [0.1, 0.15) is 5.75 Å². The number of ether oxygens (including phenoxy) is 1. The maximum absolute atomic E-state index is 11.1. The minimum Gasteiger partial charge on any atom is -0.494 e. The van der Waals surface area contributed by atoms with Crippen LogP contribution in [-0.4, -0.2) is 12.5 Å². The van der Waals surface area contributed by atoms with Crippen LogP contribution >= 0.6 is 0 Å². The van der Waals surface area contributed by atoms with Gasteiger partial charge in [-0.3, -0.25) is 4.79 Å². The van der Waals surface area contributed by atoms with Gasteiger partial charge in [-0.1, -0.05) is 24.3 Å². The Morgan fingerprint density at radius 1 is 1.10 bits per heavy atom. The van der Waals surface area contributed by atoms with Gasteiger partial charge in [-0.2, -0.15) is 0 Å². The fourth-order valence-corrected chi connectivity index (χ4v) is 2.06. The molecule has 4 nitrogen and oxygen atoms in total. The third-order valence-corrected chi connectivity index (χ3v) is 3.10. The first-order valence-electron chi connectivity index (χ1n) is 7.00. The molecule has 2 aromatic rings. The van der Waals surface area contributed by atoms with E-state index in [1.807, 2.05) is 49.4 Å². The van der Waals surface area contributed by atoms with E-state index in [-0.39, 0.29) is 0 Å². The lowest BCUT2D eigenvalue weighted by molar-refractivity contribution is 0.1000. The maximum atomic E-state index is 11.1. The zero-order valence-electron chi connectivity index (χ0n) is 12.1. The van der Waals surface area contributed by atoms with Crippen LogP contribution in [0.5, 0.6) is 5.75 Å². The highest BCUT2D eigenvalue weighted by molar-refractivity contribution is 5.92. The lowest BCUT2D eigenvalue weighted by atomic mass is 10.1. The minimum absolute atomic E-state index is 0.400. The summed E-state index contributed by atoms with van der Waals surface area (Å²) in [6.07, 6.45) is 0. The highest BCUT2D eigenvalue weighted by atomic mass is 16.5. The fourth-order valence-electron chi connectivity index (χ4n) is 2.06. The number of rotatable bonds is 7. The largest absolute Gasteiger partial charge is 0.494 e. The molecule has 1 amide bonds. The van der Waals surface area contributed by atoms with E-state index < -0.39 is 5.91 Å². The number of hydrogen-bond acceptors (Lipinski definition) is 3. The van der Waals surface area contributed by atoms with Gasteiger partial charge in [0.25, 0.3) is 0 Å². The highest BCUT2D eigenvalue weighted by Gasteiger charge is 2.01. The van der Waals surface area contributed by atoms with Crippen molar-refractivity contribution >= 4 is 5.91 Å². The molecule has 3 N–H and O–H groups in total. The number of nitrogens with one attached hydrogen (secondary N) is 1. The van der Waals surface area contributed by atoms with Crippen LogP contribution < -0.4 is 15.8 Å². The number of benzene rings is 2. The van der Waals surface area contributed by atoms with Gasteiger partial charge in [0.15, 0.2) is 0 Å². The molecule has 0 aromatic heterocycles. The van der Waals surface area contributed by atoms with E-state index in [1.165, 1.54) is 5.56 Å². The molecule has 2 rings (SSSR count). The number of primary amides is 1. The van der Waals surface area contributed by atoms with Gasteiger partial charge in [0, 0.05) is 18.7 Å². The molecule has 0 saturated carbocycles. The molecule has 0 aliphatic rings. The molecule has 0 aliphatic heterocycles. The number of carbonyl (C=O) groups is 1. The van der Waals surface area contributed by atoms with E-state index in [9.17, 15) is 4.79 Å². The first kappa shape index (κ1) is 15.1. The molecule has 0 radical (unpaired) electrons. The molecule has 110 valence electrons. The van der Waals surface area contributed by atoms with Gasteiger partial charge in [0.2, 0.25) is 5.91 Å². The van der Waals surface area contributed by atoms with E-state index in [4.69, 9.17) is 10.5 Å². The first-order valence-corrected chi connectivity index (χ1v) is 7.00. The first-order chi connectivity index (χ1) is 10.2. The lowest BCUT2D eigenvalue weighted by Gasteiger charge is -2.07. The van der Waals surface area contributed by atoms with Crippen molar-refractivity contribution in [1.82, 2.24) is 5.32 Å². The van der Waals surface area contributed by atoms with Crippen molar-refractivity contribution in [2.75, 3.05) is 6.61 Å². The van der Waals surface area contributed by atoms with Crippen molar-refractivity contribution in [2.45, 2.75) is 20.0 Å². The van der Waals surface area contributed by atoms with E-state index in [2.05, 4.69) is 5.32 Å². The Morgan fingerprint density at radius 2 is 1.81 bits per heavy atom. The molecule has 0 atom stereocenters. The summed E-state index contributed by atoms with van der Waals surface area (Å²) in [4.78, 5) is 11.1. The molecule has 0 bridgehead atoms.